The van der Waals surface area contributed by atoms with Crippen LogP contribution in [0.2, 0.25) is 0 Å². The summed E-state index contributed by atoms with van der Waals surface area (Å²) < 4.78 is 8.63. The minimum absolute atomic E-state index is 0.260. The maximum absolute atomic E-state index is 11.2. The fourth-order valence-corrected chi connectivity index (χ4v) is 1.45. The standard InChI is InChI=1S/C7H10N2O2S/c1-3-11-7(10)5-4(2)12-9-6(5)8/h3H2,1-2H3,(H2,8,9). The van der Waals surface area contributed by atoms with E-state index in [2.05, 4.69) is 4.37 Å². The molecule has 0 radical (unpaired) electrons. The van der Waals surface area contributed by atoms with Gasteiger partial charge in [0.25, 0.3) is 0 Å². The maximum atomic E-state index is 11.2. The highest BCUT2D eigenvalue weighted by Gasteiger charge is 2.16. The second-order valence-electron chi connectivity index (χ2n) is 2.22. The highest BCUT2D eigenvalue weighted by atomic mass is 32.1. The number of hydrogen-bond donors (Lipinski definition) is 1. The molecule has 0 unspecified atom stereocenters. The van der Waals surface area contributed by atoms with E-state index in [1.54, 1.807) is 13.8 Å². The molecule has 2 N–H and O–H groups in total. The lowest BCUT2D eigenvalue weighted by Crippen LogP contribution is -2.07. The van der Waals surface area contributed by atoms with Crippen molar-refractivity contribution in [2.24, 2.45) is 0 Å². The lowest BCUT2D eigenvalue weighted by atomic mass is 10.3. The van der Waals surface area contributed by atoms with Crippen LogP contribution in [-0.4, -0.2) is 16.9 Å². The smallest absolute Gasteiger partial charge is 0.343 e. The zero-order valence-electron chi connectivity index (χ0n) is 6.96. The molecule has 12 heavy (non-hydrogen) atoms. The average molecular weight is 186 g/mol. The van der Waals surface area contributed by atoms with Crippen LogP contribution < -0.4 is 5.73 Å². The number of carbonyl (C=O) groups excluding carboxylic acids is 1. The van der Waals surface area contributed by atoms with Crippen LogP contribution in [0.25, 0.3) is 0 Å². The number of anilines is 1. The molecule has 66 valence electrons. The summed E-state index contributed by atoms with van der Waals surface area (Å²) in [6.45, 7) is 3.90. The quantitative estimate of drug-likeness (QED) is 0.705. The molecule has 0 aliphatic heterocycles. The Morgan fingerprint density at radius 1 is 1.75 bits per heavy atom. The largest absolute Gasteiger partial charge is 0.462 e. The van der Waals surface area contributed by atoms with E-state index in [1.807, 2.05) is 0 Å². The molecule has 0 atom stereocenters. The summed E-state index contributed by atoms with van der Waals surface area (Å²) in [6.07, 6.45) is 0. The summed E-state index contributed by atoms with van der Waals surface area (Å²) in [4.78, 5) is 12.0. The van der Waals surface area contributed by atoms with Crippen LogP contribution in [0.5, 0.6) is 0 Å². The molecule has 0 saturated carbocycles. The number of rotatable bonds is 2. The number of esters is 1. The first kappa shape index (κ1) is 8.99. The lowest BCUT2D eigenvalue weighted by Gasteiger charge is -1.99. The third-order valence-electron chi connectivity index (χ3n) is 1.37. The molecule has 0 aromatic carbocycles. The van der Waals surface area contributed by atoms with Gasteiger partial charge in [0.1, 0.15) is 5.56 Å². The Labute approximate surface area is 74.5 Å². The Morgan fingerprint density at radius 3 is 2.83 bits per heavy atom. The SMILES string of the molecule is CCOC(=O)c1c(N)nsc1C. The van der Waals surface area contributed by atoms with Crippen molar-refractivity contribution >= 4 is 23.3 Å². The molecule has 1 heterocycles. The zero-order chi connectivity index (χ0) is 9.14. The van der Waals surface area contributed by atoms with Gasteiger partial charge in [-0.25, -0.2) is 4.79 Å². The highest BCUT2D eigenvalue weighted by molar-refractivity contribution is 7.06. The molecular weight excluding hydrogens is 176 g/mol. The Morgan fingerprint density at radius 2 is 2.42 bits per heavy atom. The van der Waals surface area contributed by atoms with E-state index < -0.39 is 0 Å². The van der Waals surface area contributed by atoms with Crippen molar-refractivity contribution in [3.63, 3.8) is 0 Å². The van der Waals surface area contributed by atoms with Crippen molar-refractivity contribution in [1.29, 1.82) is 0 Å². The number of aromatic nitrogens is 1. The molecular formula is C7H10N2O2S. The van der Waals surface area contributed by atoms with Crippen molar-refractivity contribution in [1.82, 2.24) is 4.37 Å². The molecule has 0 aliphatic carbocycles. The molecule has 0 bridgehead atoms. The summed E-state index contributed by atoms with van der Waals surface area (Å²) in [5, 5.41) is 0. The lowest BCUT2D eigenvalue weighted by molar-refractivity contribution is 0.0527. The van der Waals surface area contributed by atoms with Gasteiger partial charge in [0.05, 0.1) is 6.61 Å². The van der Waals surface area contributed by atoms with Gasteiger partial charge in [0.2, 0.25) is 0 Å². The van der Waals surface area contributed by atoms with Gasteiger partial charge in [-0.1, -0.05) is 0 Å². The second-order valence-corrected chi connectivity index (χ2v) is 3.20. The minimum atomic E-state index is -0.388. The molecule has 0 fully saturated rings. The number of ether oxygens (including phenoxy) is 1. The molecule has 0 aliphatic rings. The Balaban J connectivity index is 2.93. The van der Waals surface area contributed by atoms with Crippen molar-refractivity contribution < 1.29 is 9.53 Å². The van der Waals surface area contributed by atoms with Crippen LogP contribution in [0.4, 0.5) is 5.82 Å². The van der Waals surface area contributed by atoms with Gasteiger partial charge in [-0.05, 0) is 25.4 Å². The Bertz CT molecular complexity index is 276. The predicted molar refractivity (Wildman–Crippen MR) is 47.2 cm³/mol. The number of nitrogen functional groups attached to an aromatic ring is 1. The fourth-order valence-electron chi connectivity index (χ4n) is 0.841. The first-order chi connectivity index (χ1) is 5.66. The molecule has 0 amide bonds. The Kier molecular flexibility index (Phi) is 2.65. The van der Waals surface area contributed by atoms with Gasteiger partial charge < -0.3 is 10.5 Å². The maximum Gasteiger partial charge on any atom is 0.343 e. The highest BCUT2D eigenvalue weighted by Crippen LogP contribution is 2.20. The first-order valence-corrected chi connectivity index (χ1v) is 4.33. The fraction of sp³-hybridized carbons (Fsp3) is 0.429. The summed E-state index contributed by atoms with van der Waals surface area (Å²) in [5.41, 5.74) is 5.88. The van der Waals surface area contributed by atoms with E-state index in [0.29, 0.717) is 12.2 Å². The van der Waals surface area contributed by atoms with E-state index in [1.165, 1.54) is 11.5 Å². The number of nitrogens with zero attached hydrogens (tertiary/aromatic N) is 1. The van der Waals surface area contributed by atoms with Gasteiger partial charge in [0, 0.05) is 4.88 Å². The van der Waals surface area contributed by atoms with Crippen LogP contribution in [0, 0.1) is 6.92 Å². The molecule has 0 spiro atoms. The first-order valence-electron chi connectivity index (χ1n) is 3.55. The van der Waals surface area contributed by atoms with Gasteiger partial charge >= 0.3 is 5.97 Å². The van der Waals surface area contributed by atoms with Crippen LogP contribution in [0.1, 0.15) is 22.2 Å². The summed E-state index contributed by atoms with van der Waals surface area (Å²) in [6, 6.07) is 0. The van der Waals surface area contributed by atoms with Crippen molar-refractivity contribution in [2.45, 2.75) is 13.8 Å². The minimum Gasteiger partial charge on any atom is -0.462 e. The number of aryl methyl sites for hydroxylation is 1. The summed E-state index contributed by atoms with van der Waals surface area (Å²) >= 11 is 1.21. The van der Waals surface area contributed by atoms with E-state index in [-0.39, 0.29) is 11.8 Å². The van der Waals surface area contributed by atoms with Gasteiger partial charge in [-0.15, -0.1) is 0 Å². The average Bonchev–Trinajstić information content (AvgIpc) is 2.32. The summed E-state index contributed by atoms with van der Waals surface area (Å²) in [5.74, 6) is -0.128. The normalized spacial score (nSPS) is 9.83. The molecule has 4 nitrogen and oxygen atoms in total. The molecule has 0 saturated heterocycles. The molecule has 1 aromatic rings. The van der Waals surface area contributed by atoms with Crippen LogP contribution in [0.15, 0.2) is 0 Å². The van der Waals surface area contributed by atoms with Crippen molar-refractivity contribution in [3.8, 4) is 0 Å². The van der Waals surface area contributed by atoms with Crippen molar-refractivity contribution in [3.05, 3.63) is 10.4 Å². The molecule has 1 aromatic heterocycles. The zero-order valence-corrected chi connectivity index (χ0v) is 7.77. The van der Waals surface area contributed by atoms with Gasteiger partial charge in [-0.2, -0.15) is 4.37 Å². The number of hydrogen-bond acceptors (Lipinski definition) is 5. The molecule has 1 rings (SSSR count). The van der Waals surface area contributed by atoms with Crippen LogP contribution >= 0.6 is 11.5 Å². The Hall–Kier alpha value is -1.10. The van der Waals surface area contributed by atoms with E-state index in [0.717, 1.165) is 4.88 Å². The summed E-state index contributed by atoms with van der Waals surface area (Å²) in [7, 11) is 0. The topological polar surface area (TPSA) is 65.2 Å². The van der Waals surface area contributed by atoms with Crippen molar-refractivity contribution in [2.75, 3.05) is 12.3 Å². The van der Waals surface area contributed by atoms with E-state index in [4.69, 9.17) is 10.5 Å². The van der Waals surface area contributed by atoms with E-state index >= 15 is 0 Å². The van der Waals surface area contributed by atoms with Crippen LogP contribution in [0.3, 0.4) is 0 Å². The second kappa shape index (κ2) is 3.53. The van der Waals surface area contributed by atoms with Gasteiger partial charge in [-0.3, -0.25) is 0 Å². The van der Waals surface area contributed by atoms with Gasteiger partial charge in [0.15, 0.2) is 5.82 Å². The molecule has 5 heteroatoms. The third-order valence-corrected chi connectivity index (χ3v) is 2.13. The third kappa shape index (κ3) is 1.55. The number of carbonyl (C=O) groups is 1. The number of nitrogens with two attached hydrogens (primary N) is 1. The predicted octanol–water partition coefficient (Wildman–Crippen LogP) is 1.21. The van der Waals surface area contributed by atoms with E-state index in [9.17, 15) is 4.79 Å². The van der Waals surface area contributed by atoms with Crippen LogP contribution in [-0.2, 0) is 4.74 Å². The monoisotopic (exact) mass is 186 g/mol.